The molecule has 19 heavy (non-hydrogen) atoms. The molecule has 0 aliphatic heterocycles. The number of fused-ring (bicyclic) bond motifs is 1. The van der Waals surface area contributed by atoms with E-state index in [1.54, 1.807) is 0 Å². The number of benzene rings is 1. The highest BCUT2D eigenvalue weighted by molar-refractivity contribution is 7.90. The molecule has 5 heteroatoms. The lowest BCUT2D eigenvalue weighted by Gasteiger charge is -2.20. The summed E-state index contributed by atoms with van der Waals surface area (Å²) in [4.78, 5) is 0. The van der Waals surface area contributed by atoms with E-state index >= 15 is 0 Å². The van der Waals surface area contributed by atoms with Crippen molar-refractivity contribution in [3.63, 3.8) is 0 Å². The van der Waals surface area contributed by atoms with Gasteiger partial charge in [-0.15, -0.1) is 0 Å². The first-order chi connectivity index (χ1) is 8.90. The molecule has 0 spiro atoms. The van der Waals surface area contributed by atoms with E-state index in [1.165, 1.54) is 5.56 Å². The van der Waals surface area contributed by atoms with Gasteiger partial charge in [-0.1, -0.05) is 18.2 Å². The topological polar surface area (TPSA) is 66.9 Å². The zero-order valence-corrected chi connectivity index (χ0v) is 12.3. The third kappa shape index (κ3) is 3.18. The van der Waals surface area contributed by atoms with Crippen molar-refractivity contribution >= 4 is 22.3 Å². The molecule has 102 valence electrons. The maximum Gasteiger partial charge on any atom is 0.157 e. The number of aromatic nitrogens is 2. The van der Waals surface area contributed by atoms with Gasteiger partial charge in [-0.25, -0.2) is 0 Å². The summed E-state index contributed by atoms with van der Waals surface area (Å²) in [6.07, 6.45) is 6.74. The third-order valence-corrected chi connectivity index (χ3v) is 4.30. The van der Waals surface area contributed by atoms with Crippen molar-refractivity contribution in [3.05, 3.63) is 42.1 Å². The smallest absolute Gasteiger partial charge is 0.157 e. The fourth-order valence-electron chi connectivity index (χ4n) is 1.94. The SMILES string of the molecule is Cn1cc2c(CC=CC(C)(C)[S@@+](N)[O-])cccc2n1. The van der Waals surface area contributed by atoms with Crippen molar-refractivity contribution < 1.29 is 4.55 Å². The van der Waals surface area contributed by atoms with Gasteiger partial charge in [-0.3, -0.25) is 4.68 Å². The second-order valence-electron chi connectivity index (χ2n) is 5.16. The van der Waals surface area contributed by atoms with E-state index in [9.17, 15) is 4.55 Å². The molecule has 1 aromatic carbocycles. The summed E-state index contributed by atoms with van der Waals surface area (Å²) < 4.78 is 12.7. The van der Waals surface area contributed by atoms with Crippen LogP contribution in [0, 0.1) is 0 Å². The monoisotopic (exact) mass is 277 g/mol. The van der Waals surface area contributed by atoms with Crippen molar-refractivity contribution in [1.29, 1.82) is 0 Å². The lowest BCUT2D eigenvalue weighted by molar-refractivity contribution is 0.573. The fraction of sp³-hybridized carbons (Fsp3) is 0.357. The van der Waals surface area contributed by atoms with E-state index in [1.807, 2.05) is 56.1 Å². The van der Waals surface area contributed by atoms with Crippen LogP contribution in [0.15, 0.2) is 36.5 Å². The first-order valence-electron chi connectivity index (χ1n) is 6.15. The van der Waals surface area contributed by atoms with Crippen LogP contribution in [0.3, 0.4) is 0 Å². The van der Waals surface area contributed by atoms with Gasteiger partial charge in [0.2, 0.25) is 0 Å². The molecule has 0 aliphatic rings. The molecule has 2 aromatic rings. The molecule has 0 fully saturated rings. The Bertz CT molecular complexity index is 602. The first-order valence-corrected chi connectivity index (χ1v) is 7.37. The van der Waals surface area contributed by atoms with Crippen LogP contribution in [-0.2, 0) is 24.8 Å². The van der Waals surface area contributed by atoms with E-state index in [2.05, 4.69) is 11.2 Å². The van der Waals surface area contributed by atoms with Gasteiger partial charge >= 0.3 is 0 Å². The standard InChI is InChI=1S/C14H19N3OS/c1-14(2,19(15)18)9-5-7-11-6-4-8-13-12(11)10-17(3)16-13/h4-6,8-10H,7,15H2,1-3H3/t19-/m0/s1. The van der Waals surface area contributed by atoms with E-state index in [0.29, 0.717) is 0 Å². The summed E-state index contributed by atoms with van der Waals surface area (Å²) in [6, 6.07) is 6.09. The average molecular weight is 277 g/mol. The maximum absolute atomic E-state index is 11.3. The fourth-order valence-corrected chi connectivity index (χ4v) is 2.17. The minimum atomic E-state index is -1.36. The van der Waals surface area contributed by atoms with Gasteiger partial charge in [-0.2, -0.15) is 10.2 Å². The molecule has 1 aromatic heterocycles. The van der Waals surface area contributed by atoms with Crippen LogP contribution in [0.2, 0.25) is 0 Å². The highest BCUT2D eigenvalue weighted by Gasteiger charge is 2.25. The summed E-state index contributed by atoms with van der Waals surface area (Å²) >= 11 is -1.36. The van der Waals surface area contributed by atoms with Crippen molar-refractivity contribution in [2.24, 2.45) is 12.2 Å². The molecule has 0 saturated carbocycles. The molecule has 0 amide bonds. The summed E-state index contributed by atoms with van der Waals surface area (Å²) in [7, 11) is 1.92. The van der Waals surface area contributed by atoms with Gasteiger partial charge in [-0.05, 0) is 38.0 Å². The van der Waals surface area contributed by atoms with Crippen LogP contribution < -0.4 is 5.14 Å². The predicted octanol–water partition coefficient (Wildman–Crippen LogP) is 2.07. The average Bonchev–Trinajstić information content (AvgIpc) is 2.70. The Hall–Kier alpha value is -1.30. The lowest BCUT2D eigenvalue weighted by Crippen LogP contribution is -2.35. The number of nitrogens with two attached hydrogens (primary N) is 1. The Kier molecular flexibility index (Phi) is 3.99. The summed E-state index contributed by atoms with van der Waals surface area (Å²) in [5.41, 5.74) is 2.20. The molecule has 0 bridgehead atoms. The van der Waals surface area contributed by atoms with Crippen molar-refractivity contribution in [2.75, 3.05) is 0 Å². The summed E-state index contributed by atoms with van der Waals surface area (Å²) in [5.74, 6) is 0. The molecule has 1 atom stereocenters. The summed E-state index contributed by atoms with van der Waals surface area (Å²) in [6.45, 7) is 3.73. The normalized spacial score (nSPS) is 14.4. The number of nitrogens with zero attached hydrogens (tertiary/aromatic N) is 2. The van der Waals surface area contributed by atoms with Gasteiger partial charge in [0.25, 0.3) is 0 Å². The molecule has 4 nitrogen and oxygen atoms in total. The minimum absolute atomic E-state index is 0.497. The predicted molar refractivity (Wildman–Crippen MR) is 80.0 cm³/mol. The molecule has 0 unspecified atom stereocenters. The van der Waals surface area contributed by atoms with Crippen molar-refractivity contribution in [3.8, 4) is 0 Å². The van der Waals surface area contributed by atoms with Gasteiger partial charge in [0.05, 0.1) is 5.52 Å². The van der Waals surface area contributed by atoms with Gasteiger partial charge in [0, 0.05) is 30.0 Å². The van der Waals surface area contributed by atoms with Crippen molar-refractivity contribution in [2.45, 2.75) is 25.0 Å². The molecule has 2 rings (SSSR count). The number of rotatable bonds is 4. The Balaban J connectivity index is 2.20. The molecule has 2 N–H and O–H groups in total. The van der Waals surface area contributed by atoms with Crippen LogP contribution >= 0.6 is 0 Å². The van der Waals surface area contributed by atoms with E-state index < -0.39 is 16.1 Å². The van der Waals surface area contributed by atoms with Crippen LogP contribution in [0.1, 0.15) is 19.4 Å². The van der Waals surface area contributed by atoms with Crippen LogP contribution in [-0.4, -0.2) is 19.1 Å². The number of hydrogen-bond donors (Lipinski definition) is 1. The van der Waals surface area contributed by atoms with Crippen LogP contribution in [0.25, 0.3) is 10.9 Å². The van der Waals surface area contributed by atoms with Gasteiger partial charge in [0.15, 0.2) is 4.75 Å². The van der Waals surface area contributed by atoms with Crippen LogP contribution in [0.4, 0.5) is 0 Å². The molecule has 0 radical (unpaired) electrons. The maximum atomic E-state index is 11.3. The molecular weight excluding hydrogens is 258 g/mol. The minimum Gasteiger partial charge on any atom is -0.598 e. The van der Waals surface area contributed by atoms with E-state index in [4.69, 9.17) is 5.14 Å². The Morgan fingerprint density at radius 1 is 1.47 bits per heavy atom. The van der Waals surface area contributed by atoms with Crippen LogP contribution in [0.5, 0.6) is 0 Å². The number of aryl methyl sites for hydroxylation is 1. The second kappa shape index (κ2) is 5.36. The molecule has 0 aliphatic carbocycles. The zero-order chi connectivity index (χ0) is 14.0. The third-order valence-electron chi connectivity index (χ3n) is 3.13. The first kappa shape index (κ1) is 14.1. The van der Waals surface area contributed by atoms with Crippen molar-refractivity contribution in [1.82, 2.24) is 9.78 Å². The zero-order valence-electron chi connectivity index (χ0n) is 11.5. The summed E-state index contributed by atoms with van der Waals surface area (Å²) in [5, 5.41) is 11.0. The molecule has 1 heterocycles. The Morgan fingerprint density at radius 2 is 2.21 bits per heavy atom. The molecule has 0 saturated heterocycles. The quantitative estimate of drug-likeness (QED) is 0.687. The highest BCUT2D eigenvalue weighted by atomic mass is 32.2. The molecular formula is C14H19N3OS. The van der Waals surface area contributed by atoms with Gasteiger partial charge in [0.1, 0.15) is 0 Å². The lowest BCUT2D eigenvalue weighted by atomic mass is 10.1. The largest absolute Gasteiger partial charge is 0.598 e. The second-order valence-corrected chi connectivity index (χ2v) is 6.81. The van der Waals surface area contributed by atoms with E-state index in [-0.39, 0.29) is 0 Å². The number of hydrogen-bond acceptors (Lipinski definition) is 3. The van der Waals surface area contributed by atoms with E-state index in [0.717, 1.165) is 17.3 Å². The Labute approximate surface area is 116 Å². The Morgan fingerprint density at radius 3 is 2.89 bits per heavy atom. The highest BCUT2D eigenvalue weighted by Crippen LogP contribution is 2.19. The van der Waals surface area contributed by atoms with Gasteiger partial charge < -0.3 is 4.55 Å². The number of allylic oxidation sites excluding steroid dienone is 1.